The van der Waals surface area contributed by atoms with Gasteiger partial charge in [-0.05, 0) is 6.07 Å². The van der Waals surface area contributed by atoms with Gasteiger partial charge in [0, 0.05) is 20.2 Å². The Kier molecular flexibility index (Phi) is 3.81. The van der Waals surface area contributed by atoms with E-state index >= 15 is 0 Å². The highest BCUT2D eigenvalue weighted by atomic mass is 16.6. The van der Waals surface area contributed by atoms with E-state index in [0.717, 1.165) is 0 Å². The van der Waals surface area contributed by atoms with E-state index in [0.29, 0.717) is 0 Å². The van der Waals surface area contributed by atoms with Crippen molar-refractivity contribution < 1.29 is 9.72 Å². The van der Waals surface area contributed by atoms with E-state index in [9.17, 15) is 14.9 Å². The SMILES string of the molecule is CN(C)C(=O)CNc1nc(N)ccc1[N+](=O)[O-]. The molecule has 1 rings (SSSR count). The minimum atomic E-state index is -0.588. The molecule has 0 aliphatic carbocycles. The molecule has 3 N–H and O–H groups in total. The molecular weight excluding hydrogens is 226 g/mol. The molecule has 1 amide bonds. The first-order valence-corrected chi connectivity index (χ1v) is 4.76. The predicted octanol–water partition coefficient (Wildman–Crippen LogP) is 0.0721. The molecule has 0 aliphatic heterocycles. The lowest BCUT2D eigenvalue weighted by Gasteiger charge is -2.11. The highest BCUT2D eigenvalue weighted by Gasteiger charge is 2.16. The van der Waals surface area contributed by atoms with Gasteiger partial charge in [-0.15, -0.1) is 0 Å². The standard InChI is InChI=1S/C9H13N5O3/c1-13(2)8(15)5-11-9-6(14(16)17)3-4-7(10)12-9/h3-4H,5H2,1-2H3,(H3,10,11,12). The van der Waals surface area contributed by atoms with Gasteiger partial charge in [0.15, 0.2) is 0 Å². The van der Waals surface area contributed by atoms with Crippen molar-refractivity contribution in [3.63, 3.8) is 0 Å². The van der Waals surface area contributed by atoms with Crippen molar-refractivity contribution in [2.24, 2.45) is 0 Å². The number of anilines is 2. The zero-order chi connectivity index (χ0) is 13.0. The molecule has 0 saturated carbocycles. The Hall–Kier alpha value is -2.38. The summed E-state index contributed by atoms with van der Waals surface area (Å²) in [6.45, 7) is -0.0791. The average Bonchev–Trinajstić information content (AvgIpc) is 2.25. The van der Waals surface area contributed by atoms with Crippen LogP contribution in [0.3, 0.4) is 0 Å². The van der Waals surface area contributed by atoms with Crippen LogP contribution in [0.4, 0.5) is 17.3 Å². The van der Waals surface area contributed by atoms with Crippen molar-refractivity contribution in [2.75, 3.05) is 31.7 Å². The summed E-state index contributed by atoms with van der Waals surface area (Å²) in [5.41, 5.74) is 5.21. The van der Waals surface area contributed by atoms with E-state index < -0.39 is 4.92 Å². The fourth-order valence-electron chi connectivity index (χ4n) is 1.06. The molecule has 1 aromatic rings. The molecule has 0 aliphatic rings. The molecule has 0 aromatic carbocycles. The molecule has 0 radical (unpaired) electrons. The van der Waals surface area contributed by atoms with Crippen LogP contribution in [0.5, 0.6) is 0 Å². The second-order valence-electron chi connectivity index (χ2n) is 3.50. The van der Waals surface area contributed by atoms with Crippen molar-refractivity contribution >= 4 is 23.2 Å². The van der Waals surface area contributed by atoms with Gasteiger partial charge in [0.1, 0.15) is 5.82 Å². The van der Waals surface area contributed by atoms with E-state index in [2.05, 4.69) is 10.3 Å². The number of nitrogens with zero attached hydrogens (tertiary/aromatic N) is 3. The Morgan fingerprint density at radius 3 is 2.76 bits per heavy atom. The summed E-state index contributed by atoms with van der Waals surface area (Å²) >= 11 is 0. The third-order valence-electron chi connectivity index (χ3n) is 2.00. The van der Waals surface area contributed by atoms with Gasteiger partial charge in [0.2, 0.25) is 11.7 Å². The number of nitro groups is 1. The van der Waals surface area contributed by atoms with Crippen molar-refractivity contribution in [1.29, 1.82) is 0 Å². The smallest absolute Gasteiger partial charge is 0.311 e. The lowest BCUT2D eigenvalue weighted by Crippen LogP contribution is -2.29. The maximum atomic E-state index is 11.3. The number of hydrogen-bond acceptors (Lipinski definition) is 6. The summed E-state index contributed by atoms with van der Waals surface area (Å²) in [6, 6.07) is 2.57. The van der Waals surface area contributed by atoms with Gasteiger partial charge in [0.05, 0.1) is 11.5 Å². The van der Waals surface area contributed by atoms with Gasteiger partial charge < -0.3 is 16.0 Å². The quantitative estimate of drug-likeness (QED) is 0.567. The number of hydrogen-bond donors (Lipinski definition) is 2. The van der Waals surface area contributed by atoms with E-state index in [1.54, 1.807) is 14.1 Å². The first-order valence-electron chi connectivity index (χ1n) is 4.76. The van der Waals surface area contributed by atoms with Gasteiger partial charge >= 0.3 is 5.69 Å². The number of aromatic nitrogens is 1. The van der Waals surface area contributed by atoms with E-state index in [1.165, 1.54) is 17.0 Å². The zero-order valence-electron chi connectivity index (χ0n) is 9.51. The molecule has 1 aromatic heterocycles. The van der Waals surface area contributed by atoms with Crippen molar-refractivity contribution in [2.45, 2.75) is 0 Å². The molecule has 8 heteroatoms. The largest absolute Gasteiger partial charge is 0.384 e. The first-order chi connectivity index (χ1) is 7.91. The van der Waals surface area contributed by atoms with Crippen LogP contribution < -0.4 is 11.1 Å². The Bertz CT molecular complexity index is 446. The highest BCUT2D eigenvalue weighted by molar-refractivity contribution is 5.80. The van der Waals surface area contributed by atoms with E-state index in [-0.39, 0.29) is 29.8 Å². The second-order valence-corrected chi connectivity index (χ2v) is 3.50. The number of rotatable bonds is 4. The van der Waals surface area contributed by atoms with Gasteiger partial charge in [-0.3, -0.25) is 14.9 Å². The zero-order valence-corrected chi connectivity index (χ0v) is 9.51. The van der Waals surface area contributed by atoms with Crippen molar-refractivity contribution in [3.05, 3.63) is 22.2 Å². The van der Waals surface area contributed by atoms with Crippen LogP contribution in [-0.4, -0.2) is 41.4 Å². The number of likely N-dealkylation sites (N-methyl/N-ethyl adjacent to an activating group) is 1. The van der Waals surface area contributed by atoms with E-state index in [4.69, 9.17) is 5.73 Å². The molecule has 0 bridgehead atoms. The van der Waals surface area contributed by atoms with Gasteiger partial charge in [0.25, 0.3) is 0 Å². The molecule has 0 atom stereocenters. The van der Waals surface area contributed by atoms with Crippen LogP contribution in [0, 0.1) is 10.1 Å². The van der Waals surface area contributed by atoms with Gasteiger partial charge in [-0.1, -0.05) is 0 Å². The molecule has 17 heavy (non-hydrogen) atoms. The Morgan fingerprint density at radius 2 is 2.24 bits per heavy atom. The summed E-state index contributed by atoms with van der Waals surface area (Å²) in [5, 5.41) is 13.3. The predicted molar refractivity (Wildman–Crippen MR) is 62.5 cm³/mol. The summed E-state index contributed by atoms with van der Waals surface area (Å²) in [7, 11) is 3.18. The number of nitrogens with two attached hydrogens (primary N) is 1. The van der Waals surface area contributed by atoms with Gasteiger partial charge in [-0.2, -0.15) is 0 Å². The fraction of sp³-hybridized carbons (Fsp3) is 0.333. The lowest BCUT2D eigenvalue weighted by atomic mass is 10.3. The number of nitrogens with one attached hydrogen (secondary N) is 1. The maximum absolute atomic E-state index is 11.3. The molecule has 1 heterocycles. The number of carbonyl (C=O) groups is 1. The summed E-state index contributed by atoms with van der Waals surface area (Å²) < 4.78 is 0. The third-order valence-corrected chi connectivity index (χ3v) is 2.00. The minimum Gasteiger partial charge on any atom is -0.384 e. The molecular formula is C9H13N5O3. The van der Waals surface area contributed by atoms with Crippen LogP contribution in [0.15, 0.2) is 12.1 Å². The number of nitrogen functional groups attached to an aromatic ring is 1. The molecule has 8 nitrogen and oxygen atoms in total. The second kappa shape index (κ2) is 5.10. The number of pyridine rings is 1. The minimum absolute atomic E-state index is 0.00907. The molecule has 0 fully saturated rings. The Labute approximate surface area is 97.6 Å². The Morgan fingerprint density at radius 1 is 1.59 bits per heavy atom. The maximum Gasteiger partial charge on any atom is 0.311 e. The van der Waals surface area contributed by atoms with Crippen LogP contribution in [0.2, 0.25) is 0 Å². The van der Waals surface area contributed by atoms with Crippen LogP contribution in [-0.2, 0) is 4.79 Å². The van der Waals surface area contributed by atoms with Crippen LogP contribution in [0.1, 0.15) is 0 Å². The fourth-order valence-corrected chi connectivity index (χ4v) is 1.06. The van der Waals surface area contributed by atoms with Crippen LogP contribution in [0.25, 0.3) is 0 Å². The Balaban J connectivity index is 2.86. The molecule has 0 saturated heterocycles. The number of carbonyl (C=O) groups excluding carboxylic acids is 1. The summed E-state index contributed by atoms with van der Waals surface area (Å²) in [5.74, 6) is -0.0795. The lowest BCUT2D eigenvalue weighted by molar-refractivity contribution is -0.384. The first kappa shape index (κ1) is 12.7. The summed E-state index contributed by atoms with van der Waals surface area (Å²) in [6.07, 6.45) is 0. The van der Waals surface area contributed by atoms with E-state index in [1.807, 2.05) is 0 Å². The monoisotopic (exact) mass is 239 g/mol. The topological polar surface area (TPSA) is 114 Å². The van der Waals surface area contributed by atoms with Crippen molar-refractivity contribution in [1.82, 2.24) is 9.88 Å². The highest BCUT2D eigenvalue weighted by Crippen LogP contribution is 2.22. The van der Waals surface area contributed by atoms with Crippen molar-refractivity contribution in [3.8, 4) is 0 Å². The average molecular weight is 239 g/mol. The third kappa shape index (κ3) is 3.30. The molecule has 0 unspecified atom stereocenters. The van der Waals surface area contributed by atoms with Gasteiger partial charge in [-0.25, -0.2) is 4.98 Å². The summed E-state index contributed by atoms with van der Waals surface area (Å²) in [4.78, 5) is 26.6. The number of amides is 1. The molecule has 0 spiro atoms. The van der Waals surface area contributed by atoms with Crippen LogP contribution >= 0.6 is 0 Å². The normalized spacial score (nSPS) is 9.76. The molecule has 92 valence electrons.